The summed E-state index contributed by atoms with van der Waals surface area (Å²) in [6.07, 6.45) is 5.80. The molecule has 0 N–H and O–H groups in total. The Morgan fingerprint density at radius 2 is 2.14 bits per heavy atom. The van der Waals surface area contributed by atoms with Crippen LogP contribution < -0.4 is 0 Å². The van der Waals surface area contributed by atoms with Crippen LogP contribution in [0.15, 0.2) is 12.2 Å². The summed E-state index contributed by atoms with van der Waals surface area (Å²) in [5.41, 5.74) is 0. The van der Waals surface area contributed by atoms with Crippen LogP contribution in [0.2, 0.25) is 0 Å². The van der Waals surface area contributed by atoms with Gasteiger partial charge in [0.05, 0.1) is 11.8 Å². The van der Waals surface area contributed by atoms with E-state index in [9.17, 15) is 9.59 Å². The lowest BCUT2D eigenvalue weighted by atomic mass is 9.76. The molecule has 0 aromatic heterocycles. The third-order valence-corrected chi connectivity index (χ3v) is 3.40. The molecule has 2 aliphatic rings. The van der Waals surface area contributed by atoms with Gasteiger partial charge in [-0.3, -0.25) is 14.5 Å². The maximum Gasteiger partial charge on any atom is 0.233 e. The lowest BCUT2D eigenvalue weighted by Gasteiger charge is -2.24. The van der Waals surface area contributed by atoms with E-state index in [-0.39, 0.29) is 29.6 Å². The van der Waals surface area contributed by atoms with Crippen LogP contribution >= 0.6 is 0 Å². The van der Waals surface area contributed by atoms with Crippen molar-refractivity contribution in [2.45, 2.75) is 19.8 Å². The van der Waals surface area contributed by atoms with Crippen molar-refractivity contribution in [3.8, 4) is 0 Å². The Bertz CT molecular complexity index is 308. The average molecular weight is 193 g/mol. The molecule has 2 amide bonds. The van der Waals surface area contributed by atoms with Gasteiger partial charge >= 0.3 is 0 Å². The fraction of sp³-hybridized carbons (Fsp3) is 0.636. The predicted octanol–water partition coefficient (Wildman–Crippen LogP) is 1.20. The molecule has 0 radical (unpaired) electrons. The van der Waals surface area contributed by atoms with Crippen molar-refractivity contribution >= 4 is 11.8 Å². The van der Waals surface area contributed by atoms with Crippen molar-refractivity contribution in [2.24, 2.45) is 17.8 Å². The van der Waals surface area contributed by atoms with Gasteiger partial charge in [0.15, 0.2) is 0 Å². The van der Waals surface area contributed by atoms with Crippen LogP contribution in [0.25, 0.3) is 0 Å². The van der Waals surface area contributed by atoms with E-state index in [1.807, 2.05) is 6.08 Å². The van der Waals surface area contributed by atoms with Gasteiger partial charge in [-0.25, -0.2) is 0 Å². The van der Waals surface area contributed by atoms with Gasteiger partial charge in [-0.1, -0.05) is 19.1 Å². The molecule has 0 bridgehead atoms. The van der Waals surface area contributed by atoms with Gasteiger partial charge in [-0.15, -0.1) is 0 Å². The van der Waals surface area contributed by atoms with Crippen molar-refractivity contribution in [2.75, 3.05) is 7.05 Å². The van der Waals surface area contributed by atoms with Crippen LogP contribution in [0.4, 0.5) is 0 Å². The Hall–Kier alpha value is -1.12. The SMILES string of the molecule is CCC1C=CCC2C(=O)N(C)C(=O)C12. The maximum absolute atomic E-state index is 11.8. The highest BCUT2D eigenvalue weighted by atomic mass is 16.2. The summed E-state index contributed by atoms with van der Waals surface area (Å²) >= 11 is 0. The highest BCUT2D eigenvalue weighted by Gasteiger charge is 2.48. The number of nitrogens with zero attached hydrogens (tertiary/aromatic N) is 1. The third kappa shape index (κ3) is 1.11. The summed E-state index contributed by atoms with van der Waals surface area (Å²) in [5, 5.41) is 0. The zero-order valence-electron chi connectivity index (χ0n) is 8.56. The Morgan fingerprint density at radius 3 is 2.79 bits per heavy atom. The van der Waals surface area contributed by atoms with Gasteiger partial charge < -0.3 is 0 Å². The van der Waals surface area contributed by atoms with E-state index in [2.05, 4.69) is 13.0 Å². The van der Waals surface area contributed by atoms with E-state index >= 15 is 0 Å². The number of carbonyl (C=O) groups excluding carboxylic acids is 2. The molecule has 14 heavy (non-hydrogen) atoms. The second-order valence-electron chi connectivity index (χ2n) is 4.10. The number of fused-ring (bicyclic) bond motifs is 1. The molecule has 3 heteroatoms. The first-order valence-electron chi connectivity index (χ1n) is 5.15. The van der Waals surface area contributed by atoms with Crippen LogP contribution in [-0.4, -0.2) is 23.8 Å². The molecule has 0 aromatic carbocycles. The molecule has 1 fully saturated rings. The van der Waals surface area contributed by atoms with Crippen LogP contribution in [0.5, 0.6) is 0 Å². The number of rotatable bonds is 1. The minimum absolute atomic E-state index is 0.00259. The molecule has 1 aliphatic heterocycles. The number of imide groups is 1. The molecule has 3 nitrogen and oxygen atoms in total. The van der Waals surface area contributed by atoms with Gasteiger partial charge in [0.1, 0.15) is 0 Å². The average Bonchev–Trinajstić information content (AvgIpc) is 2.44. The number of amides is 2. The van der Waals surface area contributed by atoms with Crippen molar-refractivity contribution in [3.05, 3.63) is 12.2 Å². The summed E-state index contributed by atoms with van der Waals surface area (Å²) in [7, 11) is 1.59. The Balaban J connectivity index is 2.33. The third-order valence-electron chi connectivity index (χ3n) is 3.40. The highest BCUT2D eigenvalue weighted by Crippen LogP contribution is 2.39. The molecule has 1 heterocycles. The van der Waals surface area contributed by atoms with E-state index in [1.54, 1.807) is 7.05 Å². The first-order chi connectivity index (χ1) is 6.66. The molecular weight excluding hydrogens is 178 g/mol. The zero-order valence-corrected chi connectivity index (χ0v) is 8.56. The minimum Gasteiger partial charge on any atom is -0.285 e. The predicted molar refractivity (Wildman–Crippen MR) is 52.3 cm³/mol. The lowest BCUT2D eigenvalue weighted by Crippen LogP contribution is -2.28. The van der Waals surface area contributed by atoms with Crippen molar-refractivity contribution in [1.82, 2.24) is 4.90 Å². The number of hydrogen-bond acceptors (Lipinski definition) is 2. The van der Waals surface area contributed by atoms with Gasteiger partial charge in [0, 0.05) is 7.05 Å². The molecule has 1 aliphatic carbocycles. The van der Waals surface area contributed by atoms with E-state index in [0.29, 0.717) is 0 Å². The molecule has 1 saturated heterocycles. The quantitative estimate of drug-likeness (QED) is 0.463. The molecule has 0 spiro atoms. The topological polar surface area (TPSA) is 37.4 Å². The van der Waals surface area contributed by atoms with Crippen LogP contribution in [0, 0.1) is 17.8 Å². The van der Waals surface area contributed by atoms with E-state index in [0.717, 1.165) is 12.8 Å². The van der Waals surface area contributed by atoms with E-state index in [1.165, 1.54) is 4.90 Å². The van der Waals surface area contributed by atoms with Crippen molar-refractivity contribution in [3.63, 3.8) is 0 Å². The standard InChI is InChI=1S/C11H15NO2/c1-3-7-5-4-6-8-9(7)11(14)12(2)10(8)13/h4-5,7-9H,3,6H2,1-2H3. The van der Waals surface area contributed by atoms with Crippen LogP contribution in [0.3, 0.4) is 0 Å². The fourth-order valence-corrected chi connectivity index (χ4v) is 2.55. The van der Waals surface area contributed by atoms with Gasteiger partial charge in [0.2, 0.25) is 11.8 Å². The van der Waals surface area contributed by atoms with Crippen LogP contribution in [-0.2, 0) is 9.59 Å². The second-order valence-corrected chi connectivity index (χ2v) is 4.10. The van der Waals surface area contributed by atoms with Crippen molar-refractivity contribution < 1.29 is 9.59 Å². The van der Waals surface area contributed by atoms with Gasteiger partial charge in [0.25, 0.3) is 0 Å². The molecule has 3 unspecified atom stereocenters. The number of allylic oxidation sites excluding steroid dienone is 2. The molecule has 76 valence electrons. The molecular formula is C11H15NO2. The Kier molecular flexibility index (Phi) is 2.17. The molecule has 3 atom stereocenters. The first kappa shape index (κ1) is 9.44. The summed E-state index contributed by atoms with van der Waals surface area (Å²) in [6, 6.07) is 0. The zero-order chi connectivity index (χ0) is 10.3. The summed E-state index contributed by atoms with van der Waals surface area (Å²) in [4.78, 5) is 24.8. The summed E-state index contributed by atoms with van der Waals surface area (Å²) in [6.45, 7) is 2.06. The second kappa shape index (κ2) is 3.23. The minimum atomic E-state index is -0.0811. The number of hydrogen-bond donors (Lipinski definition) is 0. The smallest absolute Gasteiger partial charge is 0.233 e. The van der Waals surface area contributed by atoms with E-state index < -0.39 is 0 Å². The molecule has 0 aromatic rings. The van der Waals surface area contributed by atoms with Crippen LogP contribution in [0.1, 0.15) is 19.8 Å². The Labute approximate surface area is 83.8 Å². The maximum atomic E-state index is 11.8. The normalized spacial score (nSPS) is 36.4. The number of carbonyl (C=O) groups is 2. The van der Waals surface area contributed by atoms with Crippen molar-refractivity contribution in [1.29, 1.82) is 0 Å². The monoisotopic (exact) mass is 193 g/mol. The van der Waals surface area contributed by atoms with Gasteiger partial charge in [-0.2, -0.15) is 0 Å². The molecule has 0 saturated carbocycles. The lowest BCUT2D eigenvalue weighted by molar-refractivity contribution is -0.138. The number of likely N-dealkylation sites (tertiary alicyclic amines) is 1. The highest BCUT2D eigenvalue weighted by molar-refractivity contribution is 6.05. The summed E-state index contributed by atoms with van der Waals surface area (Å²) in [5.74, 6) is 0.110. The van der Waals surface area contributed by atoms with Gasteiger partial charge in [-0.05, 0) is 18.8 Å². The van der Waals surface area contributed by atoms with E-state index in [4.69, 9.17) is 0 Å². The fourth-order valence-electron chi connectivity index (χ4n) is 2.55. The first-order valence-corrected chi connectivity index (χ1v) is 5.15. The largest absolute Gasteiger partial charge is 0.285 e. The Morgan fingerprint density at radius 1 is 1.43 bits per heavy atom. The molecule has 2 rings (SSSR count). The summed E-state index contributed by atoms with van der Waals surface area (Å²) < 4.78 is 0.